The summed E-state index contributed by atoms with van der Waals surface area (Å²) >= 11 is 0. The summed E-state index contributed by atoms with van der Waals surface area (Å²) in [6.07, 6.45) is 4.11. The Morgan fingerprint density at radius 3 is 2.59 bits per heavy atom. The number of carboxylic acid groups (broad SMARTS) is 1. The molecule has 4 rings (SSSR count). The summed E-state index contributed by atoms with van der Waals surface area (Å²) in [5.74, 6) is -1.03. The minimum Gasteiger partial charge on any atom is -0.478 e. The van der Waals surface area contributed by atoms with Crippen molar-refractivity contribution in [2.45, 2.75) is 11.4 Å². The van der Waals surface area contributed by atoms with E-state index in [0.717, 1.165) is 6.26 Å². The van der Waals surface area contributed by atoms with Crippen LogP contribution in [0.25, 0.3) is 17.1 Å². The van der Waals surface area contributed by atoms with E-state index in [1.807, 2.05) is 0 Å². The van der Waals surface area contributed by atoms with E-state index in [2.05, 4.69) is 10.2 Å². The van der Waals surface area contributed by atoms with Gasteiger partial charge in [0.15, 0.2) is 15.5 Å². The van der Waals surface area contributed by atoms with Gasteiger partial charge in [0.05, 0.1) is 28.4 Å². The third-order valence-electron chi connectivity index (χ3n) is 4.78. The predicted octanol–water partition coefficient (Wildman–Crippen LogP) is 2.25. The van der Waals surface area contributed by atoms with Gasteiger partial charge < -0.3 is 5.11 Å². The largest absolute Gasteiger partial charge is 0.478 e. The van der Waals surface area contributed by atoms with E-state index in [1.165, 1.54) is 41.3 Å². The zero-order chi connectivity index (χ0) is 22.9. The van der Waals surface area contributed by atoms with Gasteiger partial charge in [0.1, 0.15) is 0 Å². The number of hydrogen-bond acceptors (Lipinski definition) is 6. The van der Waals surface area contributed by atoms with Gasteiger partial charge in [0, 0.05) is 24.7 Å². The van der Waals surface area contributed by atoms with Crippen LogP contribution in [0.5, 0.6) is 0 Å². The van der Waals surface area contributed by atoms with E-state index in [-0.39, 0.29) is 28.1 Å². The normalized spacial score (nSPS) is 11.4. The number of sulfone groups is 1. The molecule has 32 heavy (non-hydrogen) atoms. The quantitative estimate of drug-likeness (QED) is 0.478. The molecule has 0 saturated heterocycles. The van der Waals surface area contributed by atoms with Crippen molar-refractivity contribution in [2.24, 2.45) is 0 Å². The lowest BCUT2D eigenvalue weighted by molar-refractivity contribution is 0.0696. The molecule has 0 fully saturated rings. The zero-order valence-corrected chi connectivity index (χ0v) is 17.7. The van der Waals surface area contributed by atoms with Crippen LogP contribution in [0.3, 0.4) is 0 Å². The maximum atomic E-state index is 12.6. The van der Waals surface area contributed by atoms with E-state index >= 15 is 0 Å². The maximum Gasteiger partial charge on any atom is 0.335 e. The first-order valence-electron chi connectivity index (χ1n) is 9.47. The highest BCUT2D eigenvalue weighted by Gasteiger charge is 2.14. The van der Waals surface area contributed by atoms with Crippen molar-refractivity contribution in [3.8, 4) is 17.1 Å². The van der Waals surface area contributed by atoms with Gasteiger partial charge >= 0.3 is 5.97 Å². The molecule has 0 saturated carbocycles. The molecule has 162 valence electrons. The minimum atomic E-state index is -3.40. The smallest absolute Gasteiger partial charge is 0.335 e. The van der Waals surface area contributed by atoms with Crippen LogP contribution in [0.2, 0.25) is 0 Å². The molecule has 2 heterocycles. The molecule has 0 radical (unpaired) electrons. The minimum absolute atomic E-state index is 0.129. The molecule has 0 unspecified atom stereocenters. The van der Waals surface area contributed by atoms with Crippen molar-refractivity contribution in [2.75, 3.05) is 6.26 Å². The number of nitrogens with zero attached hydrogens (tertiary/aromatic N) is 4. The molecule has 2 aromatic carbocycles. The van der Waals surface area contributed by atoms with Crippen LogP contribution < -0.4 is 5.43 Å². The zero-order valence-electron chi connectivity index (χ0n) is 16.9. The molecular formula is C22H18N4O5S. The predicted molar refractivity (Wildman–Crippen MR) is 117 cm³/mol. The Morgan fingerprint density at radius 2 is 1.84 bits per heavy atom. The van der Waals surface area contributed by atoms with Gasteiger partial charge in [-0.3, -0.25) is 9.48 Å². The fourth-order valence-electron chi connectivity index (χ4n) is 3.22. The number of benzene rings is 2. The molecule has 2 aromatic heterocycles. The number of aromatic carboxylic acids is 1. The fraction of sp³-hybridized carbons (Fsp3) is 0.0909. The SMILES string of the molecule is CS(=O)(=O)c1cccc(-n2ccc(=O)c(-c3ccnn3Cc3cccc(C(=O)O)c3)n2)c1. The molecular weight excluding hydrogens is 432 g/mol. The average Bonchev–Trinajstić information content (AvgIpc) is 3.21. The first kappa shape index (κ1) is 21.2. The Kier molecular flexibility index (Phi) is 5.45. The van der Waals surface area contributed by atoms with Gasteiger partial charge in [-0.2, -0.15) is 10.2 Å². The summed E-state index contributed by atoms with van der Waals surface area (Å²) in [5, 5.41) is 17.9. The van der Waals surface area contributed by atoms with E-state index in [0.29, 0.717) is 16.9 Å². The number of carboxylic acids is 1. The van der Waals surface area contributed by atoms with Crippen LogP contribution in [0, 0.1) is 0 Å². The van der Waals surface area contributed by atoms with Crippen LogP contribution in [0.4, 0.5) is 0 Å². The number of aromatic nitrogens is 4. The van der Waals surface area contributed by atoms with E-state index in [1.54, 1.807) is 41.1 Å². The number of rotatable bonds is 6. The first-order chi connectivity index (χ1) is 15.2. The fourth-order valence-corrected chi connectivity index (χ4v) is 3.88. The third-order valence-corrected chi connectivity index (χ3v) is 5.89. The Balaban J connectivity index is 1.74. The van der Waals surface area contributed by atoms with Crippen molar-refractivity contribution in [1.82, 2.24) is 19.6 Å². The van der Waals surface area contributed by atoms with Crippen LogP contribution in [0.15, 0.2) is 82.7 Å². The van der Waals surface area contributed by atoms with E-state index in [4.69, 9.17) is 0 Å². The molecule has 9 nitrogen and oxygen atoms in total. The summed E-state index contributed by atoms with van der Waals surface area (Å²) in [7, 11) is -3.40. The lowest BCUT2D eigenvalue weighted by atomic mass is 10.1. The van der Waals surface area contributed by atoms with Crippen molar-refractivity contribution in [1.29, 1.82) is 0 Å². The highest BCUT2D eigenvalue weighted by atomic mass is 32.2. The van der Waals surface area contributed by atoms with Crippen LogP contribution >= 0.6 is 0 Å². The number of hydrogen-bond donors (Lipinski definition) is 1. The van der Waals surface area contributed by atoms with Crippen LogP contribution in [-0.4, -0.2) is 45.3 Å². The molecule has 0 aliphatic rings. The van der Waals surface area contributed by atoms with Gasteiger partial charge in [0.25, 0.3) is 0 Å². The first-order valence-corrected chi connectivity index (χ1v) is 11.4. The van der Waals surface area contributed by atoms with Crippen LogP contribution in [-0.2, 0) is 16.4 Å². The van der Waals surface area contributed by atoms with E-state index in [9.17, 15) is 23.1 Å². The maximum absolute atomic E-state index is 12.6. The molecule has 0 bridgehead atoms. The molecule has 10 heteroatoms. The average molecular weight is 450 g/mol. The molecule has 0 spiro atoms. The standard InChI is InChI=1S/C22H18N4O5S/c1-32(30,31)18-7-3-6-17(13-18)25-11-9-20(27)21(24-25)19-8-10-23-26(19)14-15-4-2-5-16(12-15)22(28)29/h2-13H,14H2,1H3,(H,28,29). The van der Waals surface area contributed by atoms with Gasteiger partial charge in [0.2, 0.25) is 5.43 Å². The summed E-state index contributed by atoms with van der Waals surface area (Å²) in [6, 6.07) is 15.7. The molecule has 1 N–H and O–H groups in total. The summed E-state index contributed by atoms with van der Waals surface area (Å²) in [5.41, 5.74) is 1.58. The van der Waals surface area contributed by atoms with Crippen LogP contribution in [0.1, 0.15) is 15.9 Å². The van der Waals surface area contributed by atoms with Gasteiger partial charge in [-0.1, -0.05) is 18.2 Å². The van der Waals surface area contributed by atoms with Gasteiger partial charge in [-0.15, -0.1) is 0 Å². The molecule has 0 amide bonds. The van der Waals surface area contributed by atoms with Gasteiger partial charge in [-0.25, -0.2) is 17.9 Å². The molecule has 0 aliphatic heterocycles. The topological polar surface area (TPSA) is 124 Å². The molecule has 4 aromatic rings. The van der Waals surface area contributed by atoms with Crippen molar-refractivity contribution < 1.29 is 18.3 Å². The second-order valence-electron chi connectivity index (χ2n) is 7.12. The molecule has 0 aliphatic carbocycles. The molecule has 0 atom stereocenters. The number of carbonyl (C=O) groups is 1. The monoisotopic (exact) mass is 450 g/mol. The lowest BCUT2D eigenvalue weighted by Gasteiger charge is -2.11. The highest BCUT2D eigenvalue weighted by molar-refractivity contribution is 7.90. The second-order valence-corrected chi connectivity index (χ2v) is 9.14. The summed E-state index contributed by atoms with van der Waals surface area (Å²) < 4.78 is 26.7. The Morgan fingerprint density at radius 1 is 1.06 bits per heavy atom. The second kappa shape index (κ2) is 8.23. The summed E-state index contributed by atoms with van der Waals surface area (Å²) in [6.45, 7) is 0.239. The van der Waals surface area contributed by atoms with Gasteiger partial charge in [-0.05, 0) is 42.0 Å². The Bertz CT molecular complexity index is 1490. The van der Waals surface area contributed by atoms with E-state index < -0.39 is 15.8 Å². The summed E-state index contributed by atoms with van der Waals surface area (Å²) in [4.78, 5) is 24.0. The lowest BCUT2D eigenvalue weighted by Crippen LogP contribution is -2.16. The van der Waals surface area contributed by atoms with Crippen molar-refractivity contribution in [3.63, 3.8) is 0 Å². The Hall–Kier alpha value is -4.05. The highest BCUT2D eigenvalue weighted by Crippen LogP contribution is 2.18. The third kappa shape index (κ3) is 4.35. The Labute approximate surface area is 183 Å². The van der Waals surface area contributed by atoms with Crippen molar-refractivity contribution >= 4 is 15.8 Å². The van der Waals surface area contributed by atoms with Crippen molar-refractivity contribution in [3.05, 3.63) is 94.4 Å².